The topological polar surface area (TPSA) is 127 Å². The number of benzene rings is 2. The smallest absolute Gasteiger partial charge is 0.323 e. The molecular weight excluding hydrogens is 468 g/mol. The van der Waals surface area contributed by atoms with Gasteiger partial charge in [0.15, 0.2) is 0 Å². The zero-order valence-corrected chi connectivity index (χ0v) is 20.8. The lowest BCUT2D eigenvalue weighted by Gasteiger charge is -2.35. The number of likely N-dealkylation sites (N-methyl/N-ethyl adjacent to an activating group) is 1. The Kier molecular flexibility index (Phi) is 6.99. The predicted molar refractivity (Wildman–Crippen MR) is 138 cm³/mol. The fraction of sp³-hybridized carbons (Fsp3) is 0.333. The molecule has 1 atom stereocenters. The third-order valence-corrected chi connectivity index (χ3v) is 6.61. The number of anilines is 3. The normalized spacial score (nSPS) is 16.3. The number of sulfonamides is 1. The van der Waals surface area contributed by atoms with Crippen LogP contribution < -0.4 is 15.4 Å². The lowest BCUT2D eigenvalue weighted by molar-refractivity contribution is 0.0630. The minimum atomic E-state index is -3.37. The number of hydrogen-bond acceptors (Lipinski definition) is 5. The van der Waals surface area contributed by atoms with E-state index >= 15 is 0 Å². The molecule has 1 aromatic heterocycles. The summed E-state index contributed by atoms with van der Waals surface area (Å²) in [6.45, 7) is 1.41. The molecule has 2 aromatic carbocycles. The zero-order valence-electron chi connectivity index (χ0n) is 20.0. The van der Waals surface area contributed by atoms with Crippen molar-refractivity contribution in [2.45, 2.75) is 18.9 Å². The van der Waals surface area contributed by atoms with Crippen LogP contribution in [0.15, 0.2) is 48.5 Å². The van der Waals surface area contributed by atoms with E-state index in [-0.39, 0.29) is 5.91 Å². The van der Waals surface area contributed by atoms with Crippen LogP contribution in [0.1, 0.15) is 23.3 Å². The van der Waals surface area contributed by atoms with Crippen LogP contribution in [0, 0.1) is 0 Å². The quantitative estimate of drug-likeness (QED) is 0.415. The van der Waals surface area contributed by atoms with Gasteiger partial charge in [0, 0.05) is 41.4 Å². The number of likely N-dealkylation sites (tertiary alicyclic amines) is 1. The second-order valence-corrected chi connectivity index (χ2v) is 10.7. The molecule has 0 radical (unpaired) electrons. The molecule has 1 saturated heterocycles. The van der Waals surface area contributed by atoms with Gasteiger partial charge < -0.3 is 25.4 Å². The fourth-order valence-electron chi connectivity index (χ4n) is 4.23. The van der Waals surface area contributed by atoms with Crippen molar-refractivity contribution in [2.75, 3.05) is 48.8 Å². The molecule has 186 valence electrons. The Morgan fingerprint density at radius 3 is 2.46 bits per heavy atom. The Hall–Kier alpha value is -3.57. The average molecular weight is 499 g/mol. The summed E-state index contributed by atoms with van der Waals surface area (Å²) in [5.74, 6) is -0.0501. The number of aromatic nitrogens is 1. The molecule has 11 heteroatoms. The molecule has 0 bridgehead atoms. The second kappa shape index (κ2) is 9.96. The number of urea groups is 1. The number of amides is 3. The minimum Gasteiger partial charge on any atom is -0.350 e. The van der Waals surface area contributed by atoms with E-state index in [1.807, 2.05) is 25.1 Å². The first kappa shape index (κ1) is 24.6. The van der Waals surface area contributed by atoms with Crippen LogP contribution in [-0.2, 0) is 10.0 Å². The van der Waals surface area contributed by atoms with E-state index < -0.39 is 16.1 Å². The summed E-state index contributed by atoms with van der Waals surface area (Å²) >= 11 is 0. The van der Waals surface area contributed by atoms with Gasteiger partial charge in [-0.25, -0.2) is 13.2 Å². The van der Waals surface area contributed by atoms with Crippen LogP contribution in [0.5, 0.6) is 0 Å². The average Bonchev–Trinajstić information content (AvgIpc) is 3.24. The van der Waals surface area contributed by atoms with Gasteiger partial charge in [0.05, 0.1) is 11.9 Å². The van der Waals surface area contributed by atoms with Gasteiger partial charge in [-0.15, -0.1) is 0 Å². The largest absolute Gasteiger partial charge is 0.350 e. The van der Waals surface area contributed by atoms with E-state index in [0.717, 1.165) is 36.5 Å². The van der Waals surface area contributed by atoms with Crippen LogP contribution in [-0.4, -0.2) is 74.6 Å². The summed E-state index contributed by atoms with van der Waals surface area (Å²) < 4.78 is 25.0. The monoisotopic (exact) mass is 498 g/mol. The molecule has 10 nitrogen and oxygen atoms in total. The second-order valence-electron chi connectivity index (χ2n) is 8.99. The number of carbonyl (C=O) groups is 2. The molecule has 1 aliphatic heterocycles. The summed E-state index contributed by atoms with van der Waals surface area (Å²) in [6.07, 6.45) is 3.11. The Bertz CT molecular complexity index is 1330. The van der Waals surface area contributed by atoms with E-state index in [4.69, 9.17) is 0 Å². The van der Waals surface area contributed by atoms with Crippen LogP contribution >= 0.6 is 0 Å². The van der Waals surface area contributed by atoms with E-state index in [1.165, 1.54) is 0 Å². The number of fused-ring (bicyclic) bond motifs is 1. The highest BCUT2D eigenvalue weighted by molar-refractivity contribution is 7.92. The van der Waals surface area contributed by atoms with Gasteiger partial charge in [-0.3, -0.25) is 9.52 Å². The van der Waals surface area contributed by atoms with E-state index in [1.54, 1.807) is 42.5 Å². The van der Waals surface area contributed by atoms with Crippen LogP contribution in [0.3, 0.4) is 0 Å². The van der Waals surface area contributed by atoms with E-state index in [9.17, 15) is 18.0 Å². The Balaban J connectivity index is 1.45. The molecule has 2 heterocycles. The van der Waals surface area contributed by atoms with Gasteiger partial charge in [0.2, 0.25) is 10.0 Å². The molecular formula is C24H30N6O4S. The van der Waals surface area contributed by atoms with Crippen LogP contribution in [0.2, 0.25) is 0 Å². The number of rotatable bonds is 6. The van der Waals surface area contributed by atoms with Gasteiger partial charge in [0.1, 0.15) is 5.69 Å². The Morgan fingerprint density at radius 1 is 1.06 bits per heavy atom. The summed E-state index contributed by atoms with van der Waals surface area (Å²) in [5, 5.41) is 6.29. The first-order chi connectivity index (χ1) is 16.6. The number of piperidine rings is 1. The lowest BCUT2D eigenvalue weighted by atomic mass is 10.0. The first-order valence-corrected chi connectivity index (χ1v) is 13.2. The third-order valence-electron chi connectivity index (χ3n) is 6.00. The Morgan fingerprint density at radius 2 is 1.77 bits per heavy atom. The first-order valence-electron chi connectivity index (χ1n) is 11.3. The molecule has 0 aliphatic carbocycles. The van der Waals surface area contributed by atoms with E-state index in [2.05, 4.69) is 25.2 Å². The number of hydrogen-bond donors (Lipinski definition) is 4. The van der Waals surface area contributed by atoms with Gasteiger partial charge >= 0.3 is 6.03 Å². The molecule has 3 amide bonds. The highest BCUT2D eigenvalue weighted by atomic mass is 32.2. The van der Waals surface area contributed by atoms with Crippen molar-refractivity contribution >= 4 is 49.9 Å². The van der Waals surface area contributed by atoms with Gasteiger partial charge in [-0.2, -0.15) is 0 Å². The highest BCUT2D eigenvalue weighted by Crippen LogP contribution is 2.26. The molecule has 35 heavy (non-hydrogen) atoms. The van der Waals surface area contributed by atoms with Crippen LogP contribution in [0.4, 0.5) is 21.9 Å². The predicted octanol–water partition coefficient (Wildman–Crippen LogP) is 3.35. The molecule has 0 spiro atoms. The summed E-state index contributed by atoms with van der Waals surface area (Å²) in [6, 6.07) is 13.4. The fourth-order valence-corrected chi connectivity index (χ4v) is 4.80. The number of aromatic amines is 1. The molecule has 1 fully saturated rings. The highest BCUT2D eigenvalue weighted by Gasteiger charge is 2.26. The van der Waals surface area contributed by atoms with Crippen molar-refractivity contribution in [3.05, 3.63) is 54.2 Å². The number of carbonyl (C=O) groups excluding carboxylic acids is 2. The van der Waals surface area contributed by atoms with Gasteiger partial charge in [-0.05, 0) is 69.4 Å². The minimum absolute atomic E-state index is 0.0501. The van der Waals surface area contributed by atoms with Crippen molar-refractivity contribution in [3.8, 4) is 0 Å². The van der Waals surface area contributed by atoms with Crippen molar-refractivity contribution < 1.29 is 18.0 Å². The van der Waals surface area contributed by atoms with Crippen molar-refractivity contribution in [1.82, 2.24) is 14.8 Å². The molecule has 4 rings (SSSR count). The summed E-state index contributed by atoms with van der Waals surface area (Å²) in [5.41, 5.74) is 2.71. The molecule has 1 aliphatic rings. The zero-order chi connectivity index (χ0) is 25.2. The number of nitrogens with zero attached hydrogens (tertiary/aromatic N) is 2. The molecule has 3 aromatic rings. The lowest BCUT2D eigenvalue weighted by Crippen LogP contribution is -2.47. The summed E-state index contributed by atoms with van der Waals surface area (Å²) in [7, 11) is 0.692. The van der Waals surface area contributed by atoms with Crippen molar-refractivity contribution in [1.29, 1.82) is 0 Å². The molecule has 0 saturated carbocycles. The maximum absolute atomic E-state index is 13.2. The van der Waals surface area contributed by atoms with Crippen LogP contribution in [0.25, 0.3) is 10.9 Å². The van der Waals surface area contributed by atoms with Crippen molar-refractivity contribution in [2.24, 2.45) is 0 Å². The molecule has 4 N–H and O–H groups in total. The Labute approximate surface area is 204 Å². The van der Waals surface area contributed by atoms with Crippen molar-refractivity contribution in [3.63, 3.8) is 0 Å². The SMILES string of the molecule is CN(C)C1CCCN(C(=O)c2cc3c(NC(=O)Nc4ccc(NS(C)(=O)=O)cc4)cccc3[nH]2)C1. The van der Waals surface area contributed by atoms with Gasteiger partial charge in [0.25, 0.3) is 5.91 Å². The standard InChI is InChI=1S/C24H30N6O4S/c1-29(2)18-6-5-13-30(15-18)23(31)22-14-19-20(26-22)7-4-8-21(19)27-24(32)25-16-9-11-17(12-10-16)28-35(3,33)34/h4,7-12,14,18,26,28H,5-6,13,15H2,1-3H3,(H2,25,27,32). The molecule has 1 unspecified atom stereocenters. The maximum Gasteiger partial charge on any atom is 0.323 e. The van der Waals surface area contributed by atoms with E-state index in [0.29, 0.717) is 35.3 Å². The number of H-pyrrole nitrogens is 1. The summed E-state index contributed by atoms with van der Waals surface area (Å²) in [4.78, 5) is 33.0. The third kappa shape index (κ3) is 6.11. The number of nitrogens with one attached hydrogen (secondary N) is 4. The maximum atomic E-state index is 13.2. The van der Waals surface area contributed by atoms with Gasteiger partial charge in [-0.1, -0.05) is 6.07 Å².